The molecule has 0 saturated heterocycles. The van der Waals surface area contributed by atoms with E-state index in [-0.39, 0.29) is 6.04 Å². The molecule has 1 aromatic carbocycles. The highest BCUT2D eigenvalue weighted by Gasteiger charge is 2.19. The minimum atomic E-state index is -0.788. The van der Waals surface area contributed by atoms with E-state index in [1.54, 1.807) is 6.07 Å². The summed E-state index contributed by atoms with van der Waals surface area (Å²) in [5.74, 6) is -1.56. The number of likely N-dealkylation sites (N-methyl/N-ethyl adjacent to an activating group) is 1. The van der Waals surface area contributed by atoms with Gasteiger partial charge in [-0.1, -0.05) is 24.6 Å². The molecule has 0 fully saturated rings. The molecule has 2 rings (SSSR count). The van der Waals surface area contributed by atoms with Crippen LogP contribution in [0, 0.1) is 11.6 Å². The van der Waals surface area contributed by atoms with Crippen molar-refractivity contribution in [3.05, 3.63) is 47.0 Å². The van der Waals surface area contributed by atoms with E-state index < -0.39 is 11.6 Å². The Morgan fingerprint density at radius 1 is 1.29 bits per heavy atom. The summed E-state index contributed by atoms with van der Waals surface area (Å²) in [6, 6.07) is 4.18. The van der Waals surface area contributed by atoms with E-state index in [1.807, 2.05) is 6.92 Å². The molecule has 92 valence electrons. The van der Waals surface area contributed by atoms with E-state index >= 15 is 0 Å². The molecule has 0 amide bonds. The third-order valence-corrected chi connectivity index (χ3v) is 3.13. The molecule has 0 heterocycles. The maximum atomic E-state index is 13.2. The first-order chi connectivity index (χ1) is 8.22. The monoisotopic (exact) mass is 237 g/mol. The Labute approximate surface area is 101 Å². The van der Waals surface area contributed by atoms with Crippen LogP contribution in [0.3, 0.4) is 0 Å². The summed E-state index contributed by atoms with van der Waals surface area (Å²) in [5.41, 5.74) is 2.09. The van der Waals surface area contributed by atoms with Gasteiger partial charge >= 0.3 is 0 Å². The van der Waals surface area contributed by atoms with Gasteiger partial charge in [0.1, 0.15) is 0 Å². The molecule has 0 aliphatic heterocycles. The van der Waals surface area contributed by atoms with Gasteiger partial charge in [0.25, 0.3) is 0 Å². The van der Waals surface area contributed by atoms with E-state index in [4.69, 9.17) is 0 Å². The Balaban J connectivity index is 2.28. The fourth-order valence-corrected chi connectivity index (χ4v) is 2.32. The molecule has 1 aromatic rings. The Morgan fingerprint density at radius 3 is 2.71 bits per heavy atom. The van der Waals surface area contributed by atoms with Crippen LogP contribution in [0.5, 0.6) is 0 Å². The smallest absolute Gasteiger partial charge is 0.159 e. The van der Waals surface area contributed by atoms with Gasteiger partial charge in [-0.3, -0.25) is 0 Å². The number of rotatable bonds is 4. The fourth-order valence-electron chi connectivity index (χ4n) is 2.32. The van der Waals surface area contributed by atoms with Gasteiger partial charge in [0.05, 0.1) is 6.04 Å². The molecule has 0 saturated carbocycles. The molecular formula is C14H17F2N. The number of hydrogen-bond acceptors (Lipinski definition) is 1. The number of hydrogen-bond donors (Lipinski definition) is 1. The fraction of sp³-hybridized carbons (Fsp3) is 0.429. The van der Waals surface area contributed by atoms with E-state index in [1.165, 1.54) is 17.7 Å². The quantitative estimate of drug-likeness (QED) is 0.787. The van der Waals surface area contributed by atoms with Crippen molar-refractivity contribution in [2.75, 3.05) is 6.54 Å². The van der Waals surface area contributed by atoms with Crippen molar-refractivity contribution in [1.29, 1.82) is 0 Å². The molecule has 1 nitrogen and oxygen atoms in total. The molecule has 1 aliphatic carbocycles. The van der Waals surface area contributed by atoms with Crippen molar-refractivity contribution in [2.24, 2.45) is 0 Å². The van der Waals surface area contributed by atoms with E-state index in [0.29, 0.717) is 0 Å². The van der Waals surface area contributed by atoms with Crippen molar-refractivity contribution in [2.45, 2.75) is 32.2 Å². The standard InChI is InChI=1S/C14H17F2N/c1-2-17-14(10-5-3-4-6-10)11-7-8-12(15)13(16)9-11/h5,7-9,14,17H,2-4,6H2,1H3. The summed E-state index contributed by atoms with van der Waals surface area (Å²) < 4.78 is 26.2. The zero-order valence-corrected chi connectivity index (χ0v) is 9.97. The zero-order valence-electron chi connectivity index (χ0n) is 9.97. The lowest BCUT2D eigenvalue weighted by Crippen LogP contribution is -2.22. The van der Waals surface area contributed by atoms with Gasteiger partial charge in [-0.25, -0.2) is 8.78 Å². The maximum absolute atomic E-state index is 13.2. The normalized spacial score (nSPS) is 17.0. The summed E-state index contributed by atoms with van der Waals surface area (Å²) in [7, 11) is 0. The summed E-state index contributed by atoms with van der Waals surface area (Å²) in [4.78, 5) is 0. The van der Waals surface area contributed by atoms with E-state index in [2.05, 4.69) is 11.4 Å². The van der Waals surface area contributed by atoms with Crippen LogP contribution in [-0.4, -0.2) is 6.54 Å². The molecule has 0 spiro atoms. The first kappa shape index (κ1) is 12.2. The molecule has 0 radical (unpaired) electrons. The van der Waals surface area contributed by atoms with Crippen LogP contribution in [-0.2, 0) is 0 Å². The van der Waals surface area contributed by atoms with Crippen molar-refractivity contribution >= 4 is 0 Å². The van der Waals surface area contributed by atoms with Gasteiger partial charge in [-0.15, -0.1) is 0 Å². The molecule has 0 aromatic heterocycles. The zero-order chi connectivity index (χ0) is 12.3. The molecule has 1 N–H and O–H groups in total. The maximum Gasteiger partial charge on any atom is 0.159 e. The van der Waals surface area contributed by atoms with Crippen LogP contribution in [0.2, 0.25) is 0 Å². The van der Waals surface area contributed by atoms with E-state index in [0.717, 1.165) is 31.4 Å². The lowest BCUT2D eigenvalue weighted by atomic mass is 9.98. The van der Waals surface area contributed by atoms with Crippen LogP contribution in [0.25, 0.3) is 0 Å². The average molecular weight is 237 g/mol. The van der Waals surface area contributed by atoms with Crippen molar-refractivity contribution in [3.8, 4) is 0 Å². The second-order valence-corrected chi connectivity index (χ2v) is 4.34. The van der Waals surface area contributed by atoms with Crippen LogP contribution in [0.15, 0.2) is 29.8 Å². The Hall–Kier alpha value is -1.22. The van der Waals surface area contributed by atoms with Gasteiger partial charge < -0.3 is 5.32 Å². The second-order valence-electron chi connectivity index (χ2n) is 4.34. The summed E-state index contributed by atoms with van der Waals surface area (Å²) in [6.07, 6.45) is 5.48. The summed E-state index contributed by atoms with van der Waals surface area (Å²) >= 11 is 0. The number of halogens is 2. The molecule has 1 aliphatic rings. The van der Waals surface area contributed by atoms with Crippen LogP contribution >= 0.6 is 0 Å². The highest BCUT2D eigenvalue weighted by Crippen LogP contribution is 2.31. The minimum absolute atomic E-state index is 0.0256. The highest BCUT2D eigenvalue weighted by molar-refractivity contribution is 5.30. The predicted molar refractivity (Wildman–Crippen MR) is 64.7 cm³/mol. The average Bonchev–Trinajstić information content (AvgIpc) is 2.83. The minimum Gasteiger partial charge on any atom is -0.307 e. The highest BCUT2D eigenvalue weighted by atomic mass is 19.2. The first-order valence-electron chi connectivity index (χ1n) is 6.09. The number of allylic oxidation sites excluding steroid dienone is 1. The van der Waals surface area contributed by atoms with Crippen molar-refractivity contribution in [1.82, 2.24) is 5.32 Å². The molecular weight excluding hydrogens is 220 g/mol. The molecule has 3 heteroatoms. The largest absolute Gasteiger partial charge is 0.307 e. The van der Waals surface area contributed by atoms with Gasteiger partial charge in [-0.2, -0.15) is 0 Å². The molecule has 1 atom stereocenters. The third-order valence-electron chi connectivity index (χ3n) is 3.13. The van der Waals surface area contributed by atoms with Gasteiger partial charge in [0, 0.05) is 0 Å². The van der Waals surface area contributed by atoms with Crippen LogP contribution < -0.4 is 5.32 Å². The lowest BCUT2D eigenvalue weighted by molar-refractivity contribution is 0.503. The first-order valence-corrected chi connectivity index (χ1v) is 6.09. The summed E-state index contributed by atoms with van der Waals surface area (Å²) in [5, 5.41) is 3.33. The molecule has 0 bridgehead atoms. The number of nitrogens with one attached hydrogen (secondary N) is 1. The third kappa shape index (κ3) is 2.72. The van der Waals surface area contributed by atoms with Crippen molar-refractivity contribution < 1.29 is 8.78 Å². The second kappa shape index (κ2) is 5.41. The SMILES string of the molecule is CCNC(C1=CCCC1)c1ccc(F)c(F)c1. The topological polar surface area (TPSA) is 12.0 Å². The Morgan fingerprint density at radius 2 is 2.12 bits per heavy atom. The van der Waals surface area contributed by atoms with Crippen LogP contribution in [0.4, 0.5) is 8.78 Å². The summed E-state index contributed by atoms with van der Waals surface area (Å²) in [6.45, 7) is 2.82. The molecule has 1 unspecified atom stereocenters. The van der Waals surface area contributed by atoms with Gasteiger partial charge in [0.15, 0.2) is 11.6 Å². The van der Waals surface area contributed by atoms with Crippen molar-refractivity contribution in [3.63, 3.8) is 0 Å². The lowest BCUT2D eigenvalue weighted by Gasteiger charge is -2.20. The van der Waals surface area contributed by atoms with Gasteiger partial charge in [0.2, 0.25) is 0 Å². The molecule has 17 heavy (non-hydrogen) atoms. The Bertz CT molecular complexity index is 426. The van der Waals surface area contributed by atoms with Crippen LogP contribution in [0.1, 0.15) is 37.8 Å². The van der Waals surface area contributed by atoms with E-state index in [9.17, 15) is 8.78 Å². The van der Waals surface area contributed by atoms with Gasteiger partial charge in [-0.05, 0) is 43.5 Å². The number of benzene rings is 1. The Kier molecular flexibility index (Phi) is 3.89. The predicted octanol–water partition coefficient (Wildman–Crippen LogP) is 3.73.